The molecule has 0 N–H and O–H groups in total. The Bertz CT molecular complexity index is 563. The van der Waals surface area contributed by atoms with E-state index in [1.54, 1.807) is 0 Å². The van der Waals surface area contributed by atoms with E-state index in [1.165, 1.54) is 16.7 Å². The molecule has 0 heterocycles. The van der Waals surface area contributed by atoms with Crippen molar-refractivity contribution in [2.45, 2.75) is 3.17 Å². The third kappa shape index (κ3) is 2.43. The molecule has 0 saturated heterocycles. The summed E-state index contributed by atoms with van der Waals surface area (Å²) in [4.78, 5) is 0. The van der Waals surface area contributed by atoms with Crippen molar-refractivity contribution < 1.29 is 0 Å². The summed E-state index contributed by atoms with van der Waals surface area (Å²) in [6.07, 6.45) is 0. The van der Waals surface area contributed by atoms with Gasteiger partial charge in [0.05, 0.1) is 0 Å². The molecule has 2 radical (unpaired) electrons. The molecule has 0 amide bonds. The minimum absolute atomic E-state index is 0.00875. The maximum absolute atomic E-state index is 2.24. The van der Waals surface area contributed by atoms with Gasteiger partial charge in [0, 0.05) is 0 Å². The SMILES string of the molecule is [In][C](c1ccccc1)(c1ccccc1)c1ccccc1. The van der Waals surface area contributed by atoms with Gasteiger partial charge in [0.1, 0.15) is 0 Å². The first kappa shape index (κ1) is 13.5. The molecule has 0 bridgehead atoms. The fraction of sp³-hybridized carbons (Fsp3) is 0.0526. The Morgan fingerprint density at radius 2 is 0.700 bits per heavy atom. The molecule has 3 aromatic carbocycles. The molecule has 0 aliphatic carbocycles. The quantitative estimate of drug-likeness (QED) is 0.618. The second-order valence-electron chi connectivity index (χ2n) is 4.91. The average molecular weight is 358 g/mol. The number of rotatable bonds is 3. The Balaban J connectivity index is 2.24. The van der Waals surface area contributed by atoms with Crippen LogP contribution in [0.15, 0.2) is 91.0 Å². The van der Waals surface area contributed by atoms with Crippen LogP contribution in [0, 0.1) is 0 Å². The Morgan fingerprint density at radius 1 is 0.450 bits per heavy atom. The van der Waals surface area contributed by atoms with Gasteiger partial charge in [0.15, 0.2) is 0 Å². The molecular weight excluding hydrogens is 343 g/mol. The first-order valence-corrected chi connectivity index (χ1v) is 8.42. The number of hydrogen-bond acceptors (Lipinski definition) is 0. The van der Waals surface area contributed by atoms with Crippen LogP contribution in [0.1, 0.15) is 16.7 Å². The molecule has 0 aromatic heterocycles. The summed E-state index contributed by atoms with van der Waals surface area (Å²) in [5, 5.41) is 0. The van der Waals surface area contributed by atoms with E-state index in [4.69, 9.17) is 0 Å². The van der Waals surface area contributed by atoms with E-state index >= 15 is 0 Å². The summed E-state index contributed by atoms with van der Waals surface area (Å²) in [6.45, 7) is 0. The van der Waals surface area contributed by atoms with Gasteiger partial charge in [-0.25, -0.2) is 0 Å². The predicted molar refractivity (Wildman–Crippen MR) is 85.0 cm³/mol. The van der Waals surface area contributed by atoms with Crippen molar-refractivity contribution >= 4 is 24.4 Å². The fourth-order valence-electron chi connectivity index (χ4n) is 2.60. The molecule has 20 heavy (non-hydrogen) atoms. The molecule has 3 rings (SSSR count). The van der Waals surface area contributed by atoms with E-state index in [-0.39, 0.29) is 3.17 Å². The van der Waals surface area contributed by atoms with Gasteiger partial charge >= 0.3 is 135 Å². The molecule has 0 fully saturated rings. The predicted octanol–water partition coefficient (Wildman–Crippen LogP) is 4.15. The Morgan fingerprint density at radius 3 is 0.950 bits per heavy atom. The van der Waals surface area contributed by atoms with E-state index < -0.39 is 0 Å². The zero-order chi connectivity index (χ0) is 13.8. The Hall–Kier alpha value is -1.47. The van der Waals surface area contributed by atoms with Crippen LogP contribution in [0.2, 0.25) is 0 Å². The van der Waals surface area contributed by atoms with Crippen LogP contribution >= 0.6 is 0 Å². The van der Waals surface area contributed by atoms with Crippen molar-refractivity contribution in [3.63, 3.8) is 0 Å². The van der Waals surface area contributed by atoms with Crippen LogP contribution in [-0.4, -0.2) is 24.4 Å². The van der Waals surface area contributed by atoms with Crippen LogP contribution in [0.5, 0.6) is 0 Å². The normalized spacial score (nSPS) is 11.2. The van der Waals surface area contributed by atoms with Gasteiger partial charge in [-0.15, -0.1) is 0 Å². The third-order valence-electron chi connectivity index (χ3n) is 3.69. The van der Waals surface area contributed by atoms with E-state index in [1.807, 2.05) is 0 Å². The number of hydrogen-bond donors (Lipinski definition) is 0. The second kappa shape index (κ2) is 5.88. The molecule has 94 valence electrons. The van der Waals surface area contributed by atoms with Gasteiger partial charge < -0.3 is 0 Å². The van der Waals surface area contributed by atoms with Crippen LogP contribution < -0.4 is 0 Å². The zero-order valence-electron chi connectivity index (χ0n) is 11.2. The van der Waals surface area contributed by atoms with E-state index in [0.29, 0.717) is 0 Å². The first-order chi connectivity index (χ1) is 9.82. The monoisotopic (exact) mass is 358 g/mol. The van der Waals surface area contributed by atoms with Crippen LogP contribution in [0.4, 0.5) is 0 Å². The van der Waals surface area contributed by atoms with Gasteiger partial charge in [0.2, 0.25) is 0 Å². The van der Waals surface area contributed by atoms with E-state index in [9.17, 15) is 0 Å². The summed E-state index contributed by atoms with van der Waals surface area (Å²) < 4.78 is 0.00875. The van der Waals surface area contributed by atoms with Crippen molar-refractivity contribution in [3.8, 4) is 0 Å². The van der Waals surface area contributed by atoms with Crippen LogP contribution in [0.25, 0.3) is 0 Å². The maximum atomic E-state index is 2.24. The van der Waals surface area contributed by atoms with E-state index in [0.717, 1.165) is 24.4 Å². The average Bonchev–Trinajstić information content (AvgIpc) is 2.56. The molecule has 0 aliphatic rings. The number of benzene rings is 3. The van der Waals surface area contributed by atoms with Crippen LogP contribution in [-0.2, 0) is 3.17 Å². The molecule has 1 heteroatoms. The fourth-order valence-corrected chi connectivity index (χ4v) is 4.25. The van der Waals surface area contributed by atoms with Crippen molar-refractivity contribution in [1.29, 1.82) is 0 Å². The summed E-state index contributed by atoms with van der Waals surface area (Å²) in [6, 6.07) is 32.5. The van der Waals surface area contributed by atoms with Crippen LogP contribution in [0.3, 0.4) is 0 Å². The van der Waals surface area contributed by atoms with Crippen molar-refractivity contribution in [3.05, 3.63) is 108 Å². The minimum atomic E-state index is 0.00875. The van der Waals surface area contributed by atoms with Gasteiger partial charge in [-0.05, 0) is 0 Å². The molecule has 0 aliphatic heterocycles. The van der Waals surface area contributed by atoms with Crippen molar-refractivity contribution in [2.75, 3.05) is 0 Å². The summed E-state index contributed by atoms with van der Waals surface area (Å²) in [5.41, 5.74) is 4.12. The van der Waals surface area contributed by atoms with Crippen molar-refractivity contribution in [2.24, 2.45) is 0 Å². The van der Waals surface area contributed by atoms with Crippen molar-refractivity contribution in [1.82, 2.24) is 0 Å². The molecule has 0 nitrogen and oxygen atoms in total. The van der Waals surface area contributed by atoms with Gasteiger partial charge in [-0.1, -0.05) is 0 Å². The molecular formula is C19H15In. The van der Waals surface area contributed by atoms with Gasteiger partial charge in [-0.3, -0.25) is 0 Å². The summed E-state index contributed by atoms with van der Waals surface area (Å²) in [5.74, 6) is 0. The van der Waals surface area contributed by atoms with Gasteiger partial charge in [0.25, 0.3) is 0 Å². The van der Waals surface area contributed by atoms with E-state index in [2.05, 4.69) is 91.0 Å². The Labute approximate surface area is 135 Å². The summed E-state index contributed by atoms with van der Waals surface area (Å²) >= 11 is 1.11. The molecule has 0 saturated carbocycles. The second-order valence-corrected chi connectivity index (χ2v) is 7.38. The third-order valence-corrected chi connectivity index (χ3v) is 6.54. The molecule has 0 unspecified atom stereocenters. The Kier molecular flexibility index (Phi) is 3.98. The standard InChI is InChI=1S/C19H15.In/c1-4-10-16(11-5-1)19(17-12-6-2-7-13-17)18-14-8-3-9-15-18;/h1-15H;. The summed E-state index contributed by atoms with van der Waals surface area (Å²) in [7, 11) is 0. The van der Waals surface area contributed by atoms with Gasteiger partial charge in [-0.2, -0.15) is 0 Å². The molecule has 0 atom stereocenters. The zero-order valence-corrected chi connectivity index (χ0v) is 14.5. The molecule has 3 aromatic rings. The molecule has 0 spiro atoms. The first-order valence-electron chi connectivity index (χ1n) is 6.77. The topological polar surface area (TPSA) is 0 Å².